The molecule has 0 radical (unpaired) electrons. The Morgan fingerprint density at radius 2 is 2.25 bits per heavy atom. The summed E-state index contributed by atoms with van der Waals surface area (Å²) in [4.78, 5) is 4.37. The summed E-state index contributed by atoms with van der Waals surface area (Å²) in [7, 11) is 1.89. The fraction of sp³-hybridized carbons (Fsp3) is 0.250. The van der Waals surface area contributed by atoms with E-state index in [2.05, 4.69) is 26.0 Å². The van der Waals surface area contributed by atoms with E-state index in [1.165, 1.54) is 0 Å². The van der Waals surface area contributed by atoms with Crippen LogP contribution >= 0.6 is 15.9 Å². The Hall–Kier alpha value is -0.900. The van der Waals surface area contributed by atoms with Crippen LogP contribution in [0.4, 0.5) is 0 Å². The van der Waals surface area contributed by atoms with E-state index in [1.807, 2.05) is 26.2 Å². The Kier molecular flexibility index (Phi) is 1.65. The maximum Gasteiger partial charge on any atom is 0.158 e. The van der Waals surface area contributed by atoms with Gasteiger partial charge in [0.05, 0.1) is 11.6 Å². The van der Waals surface area contributed by atoms with Crippen molar-refractivity contribution in [3.05, 3.63) is 22.4 Å². The summed E-state index contributed by atoms with van der Waals surface area (Å²) >= 11 is 3.47. The lowest BCUT2D eigenvalue weighted by molar-refractivity contribution is 0.785. The minimum absolute atomic E-state index is 0.918. The molecule has 0 aromatic carbocycles. The maximum absolute atomic E-state index is 4.37. The highest BCUT2D eigenvalue weighted by Crippen LogP contribution is 2.22. The van der Waals surface area contributed by atoms with Crippen LogP contribution < -0.4 is 0 Å². The van der Waals surface area contributed by atoms with Crippen molar-refractivity contribution < 1.29 is 0 Å². The molecule has 0 spiro atoms. The van der Waals surface area contributed by atoms with Crippen LogP contribution in [0.3, 0.4) is 0 Å². The van der Waals surface area contributed by atoms with E-state index in [9.17, 15) is 0 Å². The number of aromatic nitrogens is 3. The molecular formula is C8H8BrN3. The smallest absolute Gasteiger partial charge is 0.158 e. The van der Waals surface area contributed by atoms with Gasteiger partial charge in [0.25, 0.3) is 0 Å². The SMILES string of the molecule is Cc1cc(Br)c2cnn(C)c2n1. The highest BCUT2D eigenvalue weighted by atomic mass is 79.9. The maximum atomic E-state index is 4.37. The van der Waals surface area contributed by atoms with E-state index in [0.717, 1.165) is 21.2 Å². The lowest BCUT2D eigenvalue weighted by Crippen LogP contribution is -1.92. The van der Waals surface area contributed by atoms with E-state index >= 15 is 0 Å². The molecule has 0 saturated carbocycles. The molecule has 0 amide bonds. The molecule has 2 rings (SSSR count). The Balaban J connectivity index is 2.92. The molecule has 0 aliphatic heterocycles. The Bertz CT molecular complexity index is 433. The molecule has 12 heavy (non-hydrogen) atoms. The molecule has 0 aliphatic carbocycles. The lowest BCUT2D eigenvalue weighted by Gasteiger charge is -1.97. The van der Waals surface area contributed by atoms with Crippen LogP contribution in [-0.4, -0.2) is 14.8 Å². The third-order valence-corrected chi connectivity index (χ3v) is 2.44. The number of hydrogen-bond acceptors (Lipinski definition) is 2. The molecule has 4 heteroatoms. The van der Waals surface area contributed by atoms with Crippen molar-refractivity contribution in [3.8, 4) is 0 Å². The van der Waals surface area contributed by atoms with E-state index in [4.69, 9.17) is 0 Å². The zero-order valence-corrected chi connectivity index (χ0v) is 8.46. The molecule has 0 atom stereocenters. The van der Waals surface area contributed by atoms with Gasteiger partial charge in [-0.1, -0.05) is 0 Å². The van der Waals surface area contributed by atoms with E-state index < -0.39 is 0 Å². The molecule has 0 fully saturated rings. The normalized spacial score (nSPS) is 10.9. The number of pyridine rings is 1. The van der Waals surface area contributed by atoms with Crippen molar-refractivity contribution in [2.45, 2.75) is 6.92 Å². The van der Waals surface area contributed by atoms with Gasteiger partial charge in [-0.05, 0) is 28.9 Å². The molecule has 0 unspecified atom stereocenters. The van der Waals surface area contributed by atoms with Crippen LogP contribution in [0.15, 0.2) is 16.7 Å². The fourth-order valence-corrected chi connectivity index (χ4v) is 1.80. The van der Waals surface area contributed by atoms with Gasteiger partial charge in [0, 0.05) is 17.2 Å². The second-order valence-corrected chi connectivity index (χ2v) is 3.61. The average Bonchev–Trinajstić information content (AvgIpc) is 2.33. The average molecular weight is 226 g/mol. The standard InChI is InChI=1S/C8H8BrN3/c1-5-3-7(9)6-4-10-12(2)8(6)11-5/h3-4H,1-2H3. The van der Waals surface area contributed by atoms with Gasteiger partial charge in [0.15, 0.2) is 5.65 Å². The highest BCUT2D eigenvalue weighted by Gasteiger charge is 2.04. The zero-order chi connectivity index (χ0) is 8.72. The van der Waals surface area contributed by atoms with Crippen LogP contribution in [0.25, 0.3) is 11.0 Å². The van der Waals surface area contributed by atoms with Gasteiger partial charge < -0.3 is 0 Å². The van der Waals surface area contributed by atoms with Crippen LogP contribution in [0.1, 0.15) is 5.69 Å². The number of rotatable bonds is 0. The van der Waals surface area contributed by atoms with Gasteiger partial charge in [0.1, 0.15) is 0 Å². The Morgan fingerprint density at radius 3 is 3.00 bits per heavy atom. The van der Waals surface area contributed by atoms with Gasteiger partial charge in [-0.15, -0.1) is 0 Å². The van der Waals surface area contributed by atoms with Gasteiger partial charge >= 0.3 is 0 Å². The van der Waals surface area contributed by atoms with Crippen molar-refractivity contribution in [1.29, 1.82) is 0 Å². The van der Waals surface area contributed by atoms with Gasteiger partial charge in [-0.25, -0.2) is 4.98 Å². The summed E-state index contributed by atoms with van der Waals surface area (Å²) in [6, 6.07) is 1.99. The number of hydrogen-bond donors (Lipinski definition) is 0. The van der Waals surface area contributed by atoms with Crippen molar-refractivity contribution >= 4 is 27.0 Å². The second-order valence-electron chi connectivity index (χ2n) is 2.75. The van der Waals surface area contributed by atoms with Crippen LogP contribution in [-0.2, 0) is 7.05 Å². The molecule has 3 nitrogen and oxygen atoms in total. The molecule has 0 saturated heterocycles. The third kappa shape index (κ3) is 1.03. The number of fused-ring (bicyclic) bond motifs is 1. The first-order chi connectivity index (χ1) is 5.68. The predicted molar refractivity (Wildman–Crippen MR) is 50.9 cm³/mol. The number of nitrogens with zero attached hydrogens (tertiary/aromatic N) is 3. The van der Waals surface area contributed by atoms with Crippen molar-refractivity contribution in [1.82, 2.24) is 14.8 Å². The summed E-state index contributed by atoms with van der Waals surface area (Å²) in [5, 5.41) is 5.18. The van der Waals surface area contributed by atoms with Gasteiger partial charge in [-0.3, -0.25) is 4.68 Å². The molecule has 0 N–H and O–H groups in total. The minimum atomic E-state index is 0.918. The first-order valence-electron chi connectivity index (χ1n) is 3.63. The quantitative estimate of drug-likeness (QED) is 0.688. The van der Waals surface area contributed by atoms with Crippen LogP contribution in [0.5, 0.6) is 0 Å². The van der Waals surface area contributed by atoms with E-state index in [1.54, 1.807) is 4.68 Å². The first-order valence-corrected chi connectivity index (χ1v) is 4.42. The van der Waals surface area contributed by atoms with Gasteiger partial charge in [0.2, 0.25) is 0 Å². The van der Waals surface area contributed by atoms with Crippen LogP contribution in [0, 0.1) is 6.92 Å². The van der Waals surface area contributed by atoms with Crippen molar-refractivity contribution in [2.75, 3.05) is 0 Å². The molecule has 2 aromatic rings. The largest absolute Gasteiger partial charge is 0.250 e. The van der Waals surface area contributed by atoms with E-state index in [0.29, 0.717) is 0 Å². The zero-order valence-electron chi connectivity index (χ0n) is 6.87. The van der Waals surface area contributed by atoms with Gasteiger partial charge in [-0.2, -0.15) is 5.10 Å². The summed E-state index contributed by atoms with van der Waals surface area (Å²) in [6.45, 7) is 1.97. The van der Waals surface area contributed by atoms with E-state index in [-0.39, 0.29) is 0 Å². The molecule has 62 valence electrons. The number of halogens is 1. The molecule has 2 aromatic heterocycles. The summed E-state index contributed by atoms with van der Waals surface area (Å²) in [6.07, 6.45) is 1.81. The molecule has 0 bridgehead atoms. The molecule has 2 heterocycles. The first kappa shape index (κ1) is 7.73. The third-order valence-electron chi connectivity index (χ3n) is 1.78. The molecule has 0 aliphatic rings. The lowest BCUT2D eigenvalue weighted by atomic mass is 10.3. The Labute approximate surface area is 78.5 Å². The van der Waals surface area contributed by atoms with Crippen molar-refractivity contribution in [3.63, 3.8) is 0 Å². The second kappa shape index (κ2) is 2.55. The van der Waals surface area contributed by atoms with Crippen molar-refractivity contribution in [2.24, 2.45) is 7.05 Å². The highest BCUT2D eigenvalue weighted by molar-refractivity contribution is 9.10. The topological polar surface area (TPSA) is 30.7 Å². The monoisotopic (exact) mass is 225 g/mol. The number of aryl methyl sites for hydroxylation is 2. The molecular weight excluding hydrogens is 218 g/mol. The van der Waals surface area contributed by atoms with Crippen LogP contribution in [0.2, 0.25) is 0 Å². The summed E-state index contributed by atoms with van der Waals surface area (Å²) in [5.74, 6) is 0. The Morgan fingerprint density at radius 1 is 1.50 bits per heavy atom. The summed E-state index contributed by atoms with van der Waals surface area (Å²) in [5.41, 5.74) is 1.92. The summed E-state index contributed by atoms with van der Waals surface area (Å²) < 4.78 is 2.82. The predicted octanol–water partition coefficient (Wildman–Crippen LogP) is 2.04. The minimum Gasteiger partial charge on any atom is -0.250 e. The fourth-order valence-electron chi connectivity index (χ4n) is 1.19.